The molecule has 1 heteroatoms. The van der Waals surface area contributed by atoms with Crippen LogP contribution in [0.15, 0.2) is 18.2 Å². The van der Waals surface area contributed by atoms with E-state index in [4.69, 9.17) is 12.2 Å². The lowest BCUT2D eigenvalue weighted by molar-refractivity contribution is 1.07. The van der Waals surface area contributed by atoms with E-state index in [1.165, 1.54) is 0 Å². The molecular formula is C9H8N. The van der Waals surface area contributed by atoms with E-state index in [0.29, 0.717) is 6.54 Å². The highest BCUT2D eigenvalue weighted by molar-refractivity contribution is 5.33. The van der Waals surface area contributed by atoms with Crippen LogP contribution in [0.5, 0.6) is 0 Å². The van der Waals surface area contributed by atoms with Gasteiger partial charge in [0, 0.05) is 18.2 Å². The van der Waals surface area contributed by atoms with Crippen molar-refractivity contribution in [1.82, 2.24) is 0 Å². The smallest absolute Gasteiger partial charge is 0.0324 e. The van der Waals surface area contributed by atoms with Gasteiger partial charge in [-0.2, -0.15) is 0 Å². The minimum Gasteiger partial charge on any atom is -0.326 e. The molecule has 0 aliphatic rings. The van der Waals surface area contributed by atoms with E-state index in [1.54, 1.807) is 0 Å². The standard InChI is InChI=1S/C9H8N/c1-2-8-4-3-5-9(6-8)7-10/h1,3-5H,7,10H2. The second-order valence-electron chi connectivity index (χ2n) is 1.94. The number of rotatable bonds is 1. The van der Waals surface area contributed by atoms with Crippen LogP contribution < -0.4 is 5.73 Å². The molecule has 1 nitrogen and oxygen atoms in total. The fraction of sp³-hybridized carbons (Fsp3) is 0.111. The van der Waals surface area contributed by atoms with Crippen molar-refractivity contribution < 1.29 is 0 Å². The minimum absolute atomic E-state index is 0.496. The Morgan fingerprint density at radius 1 is 1.60 bits per heavy atom. The summed E-state index contributed by atoms with van der Waals surface area (Å²) in [5.41, 5.74) is 7.09. The molecule has 1 radical (unpaired) electrons. The van der Waals surface area contributed by atoms with Crippen LogP contribution >= 0.6 is 0 Å². The summed E-state index contributed by atoms with van der Waals surface area (Å²) in [6, 6.07) is 8.60. The molecule has 1 aromatic carbocycles. The second kappa shape index (κ2) is 3.05. The fourth-order valence-corrected chi connectivity index (χ4v) is 0.720. The van der Waals surface area contributed by atoms with Gasteiger partial charge in [0.2, 0.25) is 0 Å². The van der Waals surface area contributed by atoms with Crippen LogP contribution in [0.1, 0.15) is 11.1 Å². The number of hydrogen-bond donors (Lipinski definition) is 1. The molecule has 0 fully saturated rings. The van der Waals surface area contributed by atoms with Crippen LogP contribution in [0.4, 0.5) is 0 Å². The third-order valence-electron chi connectivity index (χ3n) is 1.23. The number of nitrogens with two attached hydrogens (primary N) is 1. The lowest BCUT2D eigenvalue weighted by Crippen LogP contribution is -1.96. The second-order valence-corrected chi connectivity index (χ2v) is 1.94. The Bertz CT molecular complexity index is 258. The summed E-state index contributed by atoms with van der Waals surface area (Å²) >= 11 is 0. The van der Waals surface area contributed by atoms with Gasteiger partial charge in [0.25, 0.3) is 0 Å². The van der Waals surface area contributed by atoms with Gasteiger partial charge < -0.3 is 5.73 Å². The third-order valence-corrected chi connectivity index (χ3v) is 1.23. The van der Waals surface area contributed by atoms with Gasteiger partial charge in [-0.05, 0) is 11.6 Å². The quantitative estimate of drug-likeness (QED) is 0.562. The maximum atomic E-state index is 5.37. The zero-order chi connectivity index (χ0) is 7.40. The Morgan fingerprint density at radius 3 is 3.00 bits per heavy atom. The molecule has 0 heterocycles. The normalized spacial score (nSPS) is 8.80. The topological polar surface area (TPSA) is 26.0 Å². The molecule has 0 amide bonds. The van der Waals surface area contributed by atoms with E-state index < -0.39 is 0 Å². The zero-order valence-electron chi connectivity index (χ0n) is 5.59. The summed E-state index contributed by atoms with van der Waals surface area (Å²) in [4.78, 5) is 0. The monoisotopic (exact) mass is 130 g/mol. The molecular weight excluding hydrogens is 122 g/mol. The molecule has 49 valence electrons. The van der Waals surface area contributed by atoms with Gasteiger partial charge in [0.15, 0.2) is 0 Å². The van der Waals surface area contributed by atoms with Crippen LogP contribution in [0.2, 0.25) is 0 Å². The molecule has 0 saturated heterocycles. The molecule has 0 aromatic heterocycles. The van der Waals surface area contributed by atoms with Crippen LogP contribution in [-0.4, -0.2) is 0 Å². The first-order valence-corrected chi connectivity index (χ1v) is 3.04. The van der Waals surface area contributed by atoms with Gasteiger partial charge in [0.05, 0.1) is 0 Å². The lowest BCUT2D eigenvalue weighted by Gasteiger charge is -1.94. The maximum absolute atomic E-state index is 5.37. The Kier molecular flexibility index (Phi) is 2.09. The van der Waals surface area contributed by atoms with E-state index in [-0.39, 0.29) is 0 Å². The lowest BCUT2D eigenvalue weighted by atomic mass is 10.1. The predicted octanol–water partition coefficient (Wildman–Crippen LogP) is 0.927. The third kappa shape index (κ3) is 1.37. The van der Waals surface area contributed by atoms with Crippen molar-refractivity contribution in [3.63, 3.8) is 0 Å². The minimum atomic E-state index is 0.496. The van der Waals surface area contributed by atoms with Crippen molar-refractivity contribution in [2.75, 3.05) is 0 Å². The van der Waals surface area contributed by atoms with Crippen molar-refractivity contribution in [2.45, 2.75) is 6.54 Å². The molecule has 10 heavy (non-hydrogen) atoms. The summed E-state index contributed by atoms with van der Waals surface area (Å²) in [7, 11) is 0. The summed E-state index contributed by atoms with van der Waals surface area (Å²) in [5, 5.41) is 0. The van der Waals surface area contributed by atoms with Crippen molar-refractivity contribution in [3.05, 3.63) is 35.4 Å². The Balaban J connectivity index is 3.01. The number of hydrogen-bond acceptors (Lipinski definition) is 1. The molecule has 1 aromatic rings. The van der Waals surface area contributed by atoms with Crippen LogP contribution in [0, 0.1) is 18.4 Å². The molecule has 1 rings (SSSR count). The molecule has 0 bridgehead atoms. The zero-order valence-corrected chi connectivity index (χ0v) is 5.59. The van der Waals surface area contributed by atoms with Crippen LogP contribution in [0.3, 0.4) is 0 Å². The summed E-state index contributed by atoms with van der Waals surface area (Å²) in [6.07, 6.45) is 5.15. The molecule has 0 atom stereocenters. The van der Waals surface area contributed by atoms with Gasteiger partial charge in [-0.3, -0.25) is 0 Å². The number of terminal acetylenes is 1. The van der Waals surface area contributed by atoms with Crippen molar-refractivity contribution in [2.24, 2.45) is 5.73 Å². The van der Waals surface area contributed by atoms with Gasteiger partial charge in [-0.25, -0.2) is 0 Å². The molecule has 0 spiro atoms. The van der Waals surface area contributed by atoms with Crippen molar-refractivity contribution in [1.29, 1.82) is 0 Å². The molecule has 2 N–H and O–H groups in total. The van der Waals surface area contributed by atoms with E-state index >= 15 is 0 Å². The first-order valence-electron chi connectivity index (χ1n) is 3.04. The van der Waals surface area contributed by atoms with Gasteiger partial charge in [0.1, 0.15) is 0 Å². The summed E-state index contributed by atoms with van der Waals surface area (Å²) < 4.78 is 0. The van der Waals surface area contributed by atoms with E-state index in [9.17, 15) is 0 Å². The summed E-state index contributed by atoms with van der Waals surface area (Å²) in [5.74, 6) is 2.49. The van der Waals surface area contributed by atoms with E-state index in [2.05, 4.69) is 12.0 Å². The van der Waals surface area contributed by atoms with Gasteiger partial charge in [-0.15, -0.1) is 6.42 Å². The Labute approximate surface area is 60.9 Å². The number of benzene rings is 1. The average molecular weight is 130 g/mol. The van der Waals surface area contributed by atoms with Crippen LogP contribution in [0.25, 0.3) is 0 Å². The van der Waals surface area contributed by atoms with Crippen molar-refractivity contribution in [3.8, 4) is 12.3 Å². The van der Waals surface area contributed by atoms with E-state index in [0.717, 1.165) is 11.1 Å². The van der Waals surface area contributed by atoms with Gasteiger partial charge in [-0.1, -0.05) is 18.1 Å². The SMILES string of the molecule is C#Cc1[c]c(CN)ccc1. The highest BCUT2D eigenvalue weighted by Crippen LogP contribution is 2.00. The molecule has 0 saturated carbocycles. The molecule has 0 aliphatic carbocycles. The molecule has 0 aliphatic heterocycles. The highest BCUT2D eigenvalue weighted by atomic mass is 14.5. The predicted molar refractivity (Wildman–Crippen MR) is 41.1 cm³/mol. The fourth-order valence-electron chi connectivity index (χ4n) is 0.720. The highest BCUT2D eigenvalue weighted by Gasteiger charge is 1.89. The first kappa shape index (κ1) is 6.85. The largest absolute Gasteiger partial charge is 0.326 e. The molecule has 0 unspecified atom stereocenters. The van der Waals surface area contributed by atoms with Gasteiger partial charge >= 0.3 is 0 Å². The Morgan fingerprint density at radius 2 is 2.40 bits per heavy atom. The van der Waals surface area contributed by atoms with Crippen LogP contribution in [-0.2, 0) is 6.54 Å². The van der Waals surface area contributed by atoms with E-state index in [1.807, 2.05) is 18.2 Å². The maximum Gasteiger partial charge on any atom is 0.0324 e. The van der Waals surface area contributed by atoms with Crippen molar-refractivity contribution >= 4 is 0 Å². The average Bonchev–Trinajstić information content (AvgIpc) is 2.05. The summed E-state index contributed by atoms with van der Waals surface area (Å²) in [6.45, 7) is 0.496. The first-order chi connectivity index (χ1) is 4.86. The Hall–Kier alpha value is -1.26.